The summed E-state index contributed by atoms with van der Waals surface area (Å²) in [6, 6.07) is 5.05. The van der Waals surface area contributed by atoms with Crippen molar-refractivity contribution in [2.24, 2.45) is 0 Å². The number of hydrogen-bond acceptors (Lipinski definition) is 5. The van der Waals surface area contributed by atoms with Crippen LogP contribution < -0.4 is 4.74 Å². The maximum atomic E-state index is 10.5. The van der Waals surface area contributed by atoms with Crippen LogP contribution in [-0.2, 0) is 10.1 Å². The van der Waals surface area contributed by atoms with Gasteiger partial charge in [0.25, 0.3) is 0 Å². The number of hydrogen-bond donors (Lipinski definition) is 1. The molecule has 0 aliphatic carbocycles. The van der Waals surface area contributed by atoms with Gasteiger partial charge in [0.1, 0.15) is 22.5 Å². The molecule has 0 amide bonds. The summed E-state index contributed by atoms with van der Waals surface area (Å²) in [5.74, 6) is 0.409. The Balaban J connectivity index is 2.79. The molecule has 0 saturated carbocycles. The third-order valence-corrected chi connectivity index (χ3v) is 2.32. The molecule has 1 aromatic carbocycles. The molecule has 5 nitrogen and oxygen atoms in total. The van der Waals surface area contributed by atoms with Gasteiger partial charge in [0, 0.05) is 0 Å². The van der Waals surface area contributed by atoms with Gasteiger partial charge in [0.15, 0.2) is 0 Å². The van der Waals surface area contributed by atoms with Crippen molar-refractivity contribution in [3.05, 3.63) is 24.3 Å². The largest absolute Gasteiger partial charge is 0.744 e. The van der Waals surface area contributed by atoms with Crippen molar-refractivity contribution in [2.75, 3.05) is 13.2 Å². The smallest absolute Gasteiger partial charge is 0.124 e. The van der Waals surface area contributed by atoms with Crippen molar-refractivity contribution < 1.29 is 22.8 Å². The minimum absolute atomic E-state index is 0.123. The van der Waals surface area contributed by atoms with E-state index in [1.807, 2.05) is 0 Å². The summed E-state index contributed by atoms with van der Waals surface area (Å²) in [5, 5.41) is 8.44. The first kappa shape index (κ1) is 11.0. The molecule has 1 aromatic rings. The number of rotatable bonds is 4. The highest BCUT2D eigenvalue weighted by atomic mass is 32.2. The van der Waals surface area contributed by atoms with Crippen molar-refractivity contribution in [3.8, 4) is 5.75 Å². The van der Waals surface area contributed by atoms with Crippen LogP contribution in [0.1, 0.15) is 0 Å². The van der Waals surface area contributed by atoms with E-state index in [1.54, 1.807) is 0 Å². The van der Waals surface area contributed by atoms with E-state index in [0.717, 1.165) is 12.1 Å². The maximum absolute atomic E-state index is 10.5. The molecule has 0 fully saturated rings. The zero-order chi connectivity index (χ0) is 10.6. The molecule has 6 heteroatoms. The minimum atomic E-state index is -4.40. The highest BCUT2D eigenvalue weighted by Crippen LogP contribution is 2.15. The third kappa shape index (κ3) is 2.99. The fourth-order valence-electron chi connectivity index (χ4n) is 0.866. The molecule has 0 spiro atoms. The average Bonchev–Trinajstić information content (AvgIpc) is 2.14. The lowest BCUT2D eigenvalue weighted by atomic mass is 10.3. The first-order valence-electron chi connectivity index (χ1n) is 3.83. The van der Waals surface area contributed by atoms with Gasteiger partial charge in [0.2, 0.25) is 0 Å². The standard InChI is InChI=1S/C8H10O5S/c9-5-6-13-7-1-3-8(4-2-7)14(10,11)12/h1-4,9H,5-6H2,(H,10,11,12)/p-1. The Kier molecular flexibility index (Phi) is 3.45. The molecule has 14 heavy (non-hydrogen) atoms. The lowest BCUT2D eigenvalue weighted by Crippen LogP contribution is -2.02. The SMILES string of the molecule is O=S(=O)([O-])c1ccc(OCCO)cc1. The van der Waals surface area contributed by atoms with Crippen molar-refractivity contribution in [1.29, 1.82) is 0 Å². The van der Waals surface area contributed by atoms with Crippen LogP contribution in [0.25, 0.3) is 0 Å². The normalized spacial score (nSPS) is 11.3. The molecule has 1 N–H and O–H groups in total. The molecule has 0 bridgehead atoms. The quantitative estimate of drug-likeness (QED) is 0.715. The summed E-state index contributed by atoms with van der Waals surface area (Å²) < 4.78 is 36.5. The minimum Gasteiger partial charge on any atom is -0.744 e. The molecule has 1 rings (SSSR count). The zero-order valence-electron chi connectivity index (χ0n) is 7.21. The summed E-state index contributed by atoms with van der Waals surface area (Å²) in [6.45, 7) is 0.00504. The Hall–Kier alpha value is -1.11. The van der Waals surface area contributed by atoms with Crippen molar-refractivity contribution in [3.63, 3.8) is 0 Å². The molecule has 0 radical (unpaired) electrons. The van der Waals surface area contributed by atoms with Crippen molar-refractivity contribution in [1.82, 2.24) is 0 Å². The molecule has 0 unspecified atom stereocenters. The van der Waals surface area contributed by atoms with Gasteiger partial charge in [-0.05, 0) is 24.3 Å². The molecular formula is C8H9O5S-. The lowest BCUT2D eigenvalue weighted by molar-refractivity contribution is 0.201. The van der Waals surface area contributed by atoms with Crippen LogP contribution in [0.5, 0.6) is 5.75 Å². The van der Waals surface area contributed by atoms with Crippen LogP contribution in [0.4, 0.5) is 0 Å². The molecule has 0 heterocycles. The molecule has 0 aliphatic heterocycles. The van der Waals surface area contributed by atoms with Gasteiger partial charge in [-0.2, -0.15) is 0 Å². The van der Waals surface area contributed by atoms with Crippen molar-refractivity contribution in [2.45, 2.75) is 4.90 Å². The third-order valence-electron chi connectivity index (χ3n) is 1.47. The Bertz CT molecular complexity index is 381. The predicted octanol–water partition coefficient (Wildman–Crippen LogP) is -0.0382. The lowest BCUT2D eigenvalue weighted by Gasteiger charge is -2.08. The van der Waals surface area contributed by atoms with Gasteiger partial charge in [-0.1, -0.05) is 0 Å². The monoisotopic (exact) mass is 217 g/mol. The first-order valence-corrected chi connectivity index (χ1v) is 5.24. The van der Waals surface area contributed by atoms with Gasteiger partial charge in [-0.25, -0.2) is 8.42 Å². The predicted molar refractivity (Wildman–Crippen MR) is 47.0 cm³/mol. The average molecular weight is 217 g/mol. The Labute approximate surface area is 81.7 Å². The van der Waals surface area contributed by atoms with E-state index in [4.69, 9.17) is 9.84 Å². The second-order valence-electron chi connectivity index (χ2n) is 2.50. The number of ether oxygens (including phenoxy) is 1. The molecule has 0 saturated heterocycles. The van der Waals surface area contributed by atoms with Crippen LogP contribution in [-0.4, -0.2) is 31.3 Å². The van der Waals surface area contributed by atoms with Gasteiger partial charge in [-0.15, -0.1) is 0 Å². The highest BCUT2D eigenvalue weighted by molar-refractivity contribution is 7.85. The summed E-state index contributed by atoms with van der Waals surface area (Å²) in [7, 11) is -4.40. The topological polar surface area (TPSA) is 86.7 Å². The maximum Gasteiger partial charge on any atom is 0.124 e. The highest BCUT2D eigenvalue weighted by Gasteiger charge is 2.00. The summed E-state index contributed by atoms with van der Waals surface area (Å²) in [5.41, 5.74) is 0. The Morgan fingerprint density at radius 2 is 1.86 bits per heavy atom. The van der Waals surface area contributed by atoms with E-state index in [-0.39, 0.29) is 18.1 Å². The van der Waals surface area contributed by atoms with Crippen LogP contribution in [0.15, 0.2) is 29.2 Å². The van der Waals surface area contributed by atoms with Crippen LogP contribution in [0.2, 0.25) is 0 Å². The van der Waals surface area contributed by atoms with E-state index < -0.39 is 10.1 Å². The Morgan fingerprint density at radius 1 is 1.29 bits per heavy atom. The fourth-order valence-corrected chi connectivity index (χ4v) is 1.34. The van der Waals surface area contributed by atoms with E-state index in [1.165, 1.54) is 12.1 Å². The molecule has 78 valence electrons. The summed E-state index contributed by atoms with van der Waals surface area (Å²) >= 11 is 0. The molecule has 0 atom stereocenters. The first-order chi connectivity index (χ1) is 6.54. The second-order valence-corrected chi connectivity index (χ2v) is 3.88. The van der Waals surface area contributed by atoms with E-state index in [9.17, 15) is 13.0 Å². The number of aliphatic hydroxyl groups excluding tert-OH is 1. The van der Waals surface area contributed by atoms with Crippen LogP contribution in [0, 0.1) is 0 Å². The van der Waals surface area contributed by atoms with E-state index in [2.05, 4.69) is 0 Å². The molecular weight excluding hydrogens is 208 g/mol. The zero-order valence-corrected chi connectivity index (χ0v) is 8.03. The Morgan fingerprint density at radius 3 is 2.29 bits per heavy atom. The van der Waals surface area contributed by atoms with Crippen LogP contribution in [0.3, 0.4) is 0 Å². The van der Waals surface area contributed by atoms with Crippen LogP contribution >= 0.6 is 0 Å². The molecule has 0 aliphatic rings. The van der Waals surface area contributed by atoms with Gasteiger partial charge in [-0.3, -0.25) is 0 Å². The van der Waals surface area contributed by atoms with E-state index in [0.29, 0.717) is 5.75 Å². The molecule has 0 aromatic heterocycles. The van der Waals surface area contributed by atoms with Gasteiger partial charge in [0.05, 0.1) is 11.5 Å². The van der Waals surface area contributed by atoms with Gasteiger partial charge >= 0.3 is 0 Å². The summed E-state index contributed by atoms with van der Waals surface area (Å²) in [4.78, 5) is -0.297. The van der Waals surface area contributed by atoms with Crippen molar-refractivity contribution >= 4 is 10.1 Å². The van der Waals surface area contributed by atoms with Gasteiger partial charge < -0.3 is 14.4 Å². The fraction of sp³-hybridized carbons (Fsp3) is 0.250. The second kappa shape index (κ2) is 4.41. The number of aliphatic hydroxyl groups is 1. The summed E-state index contributed by atoms with van der Waals surface area (Å²) in [6.07, 6.45) is 0. The van der Waals surface area contributed by atoms with E-state index >= 15 is 0 Å². The number of benzene rings is 1.